The van der Waals surface area contributed by atoms with Gasteiger partial charge >= 0.3 is 5.97 Å². The maximum atomic E-state index is 13.4. The van der Waals surface area contributed by atoms with Gasteiger partial charge < -0.3 is 49.0 Å². The number of guanidine groups is 1. The fourth-order valence-electron chi connectivity index (χ4n) is 3.89. The Labute approximate surface area is 230 Å². The van der Waals surface area contributed by atoms with Gasteiger partial charge in [-0.2, -0.15) is 0 Å². The number of carboxylic acids is 1. The summed E-state index contributed by atoms with van der Waals surface area (Å²) in [6, 6.07) is 2.67. The molecule has 4 atom stereocenters. The van der Waals surface area contributed by atoms with Gasteiger partial charge in [0.1, 0.15) is 18.1 Å². The van der Waals surface area contributed by atoms with Crippen LogP contribution in [0, 0.1) is 0 Å². The molecule has 15 nitrogen and oxygen atoms in total. The van der Waals surface area contributed by atoms with Gasteiger partial charge in [0.25, 0.3) is 0 Å². The van der Waals surface area contributed by atoms with E-state index in [-0.39, 0.29) is 38.2 Å². The Kier molecular flexibility index (Phi) is 11.9. The number of carbonyl (C=O) groups is 5. The van der Waals surface area contributed by atoms with Gasteiger partial charge in [-0.05, 0) is 37.8 Å². The minimum Gasteiger partial charge on any atom is -0.480 e. The SMILES string of the molecule is CC(N)C(=O)NC(CCCN=C(N)N)C(=O)NC(Cc1c[nH]c2ccccc12)C(=O)NC(CCC(N)=O)C(=O)O. The van der Waals surface area contributed by atoms with Crippen molar-refractivity contribution in [3.63, 3.8) is 0 Å². The van der Waals surface area contributed by atoms with Crippen LogP contribution in [-0.2, 0) is 30.4 Å². The highest BCUT2D eigenvalue weighted by atomic mass is 16.4. The molecule has 1 heterocycles. The molecule has 1 aromatic carbocycles. The second-order valence-electron chi connectivity index (χ2n) is 9.33. The maximum absolute atomic E-state index is 13.4. The van der Waals surface area contributed by atoms with Crippen LogP contribution in [0.5, 0.6) is 0 Å². The first-order valence-electron chi connectivity index (χ1n) is 12.7. The predicted octanol–water partition coefficient (Wildman–Crippen LogP) is -2.08. The number of carboxylic acid groups (broad SMARTS) is 1. The summed E-state index contributed by atoms with van der Waals surface area (Å²) in [5.41, 5.74) is 22.9. The number of amides is 4. The number of carbonyl (C=O) groups excluding carboxylic acids is 4. The minimum atomic E-state index is -1.42. The summed E-state index contributed by atoms with van der Waals surface area (Å²) in [7, 11) is 0. The second kappa shape index (κ2) is 15.1. The number of benzene rings is 1. The van der Waals surface area contributed by atoms with Crippen molar-refractivity contribution in [1.29, 1.82) is 0 Å². The van der Waals surface area contributed by atoms with Gasteiger partial charge in [0, 0.05) is 36.5 Å². The van der Waals surface area contributed by atoms with Gasteiger partial charge in [-0.3, -0.25) is 24.2 Å². The highest BCUT2D eigenvalue weighted by molar-refractivity contribution is 5.95. The third-order valence-corrected chi connectivity index (χ3v) is 6.02. The monoisotopic (exact) mass is 559 g/mol. The highest BCUT2D eigenvalue weighted by Gasteiger charge is 2.30. The smallest absolute Gasteiger partial charge is 0.326 e. The number of hydrogen-bond donors (Lipinski definition) is 9. The average Bonchev–Trinajstić information content (AvgIpc) is 3.29. The number of aliphatic carboxylic acids is 1. The lowest BCUT2D eigenvalue weighted by Gasteiger charge is -2.25. The molecule has 40 heavy (non-hydrogen) atoms. The van der Waals surface area contributed by atoms with Crippen LogP contribution in [0.4, 0.5) is 0 Å². The topological polar surface area (TPSA) is 274 Å². The largest absolute Gasteiger partial charge is 0.480 e. The van der Waals surface area contributed by atoms with Crippen molar-refractivity contribution >= 4 is 46.5 Å². The molecule has 2 rings (SSSR count). The van der Waals surface area contributed by atoms with Crippen LogP contribution in [0.2, 0.25) is 0 Å². The number of aliphatic imine (C=N–C) groups is 1. The minimum absolute atomic E-state index is 0.00823. The molecule has 4 amide bonds. The molecule has 2 aromatic rings. The van der Waals surface area contributed by atoms with Crippen molar-refractivity contribution in [2.45, 2.75) is 63.2 Å². The van der Waals surface area contributed by atoms with Crippen molar-refractivity contribution in [2.24, 2.45) is 27.9 Å². The molecule has 0 fully saturated rings. The number of rotatable bonds is 16. The van der Waals surface area contributed by atoms with E-state index >= 15 is 0 Å². The number of hydrogen-bond acceptors (Lipinski definition) is 7. The van der Waals surface area contributed by atoms with Crippen LogP contribution in [-0.4, -0.2) is 76.4 Å². The van der Waals surface area contributed by atoms with E-state index in [1.165, 1.54) is 6.92 Å². The van der Waals surface area contributed by atoms with E-state index in [4.69, 9.17) is 22.9 Å². The predicted molar refractivity (Wildman–Crippen MR) is 147 cm³/mol. The van der Waals surface area contributed by atoms with E-state index < -0.39 is 53.8 Å². The Morgan fingerprint density at radius 1 is 0.925 bits per heavy atom. The molecule has 0 spiro atoms. The summed E-state index contributed by atoms with van der Waals surface area (Å²) >= 11 is 0. The van der Waals surface area contributed by atoms with E-state index in [2.05, 4.69) is 25.9 Å². The second-order valence-corrected chi connectivity index (χ2v) is 9.33. The van der Waals surface area contributed by atoms with Crippen LogP contribution >= 0.6 is 0 Å². The molecular weight excluding hydrogens is 522 g/mol. The molecule has 4 unspecified atom stereocenters. The van der Waals surface area contributed by atoms with Gasteiger partial charge in [0.15, 0.2) is 5.96 Å². The van der Waals surface area contributed by atoms with Gasteiger partial charge in [0.05, 0.1) is 6.04 Å². The molecule has 0 saturated heterocycles. The first kappa shape index (κ1) is 31.6. The van der Waals surface area contributed by atoms with Crippen molar-refractivity contribution < 1.29 is 29.1 Å². The van der Waals surface area contributed by atoms with Gasteiger partial charge in [-0.15, -0.1) is 0 Å². The zero-order valence-electron chi connectivity index (χ0n) is 22.2. The molecule has 0 aliphatic rings. The molecular formula is C25H37N9O6. The fraction of sp³-hybridized carbons (Fsp3) is 0.440. The highest BCUT2D eigenvalue weighted by Crippen LogP contribution is 2.19. The van der Waals surface area contributed by atoms with E-state index in [9.17, 15) is 29.1 Å². The van der Waals surface area contributed by atoms with E-state index in [1.54, 1.807) is 6.20 Å². The number of aromatic nitrogens is 1. The number of nitrogens with one attached hydrogen (secondary N) is 4. The van der Waals surface area contributed by atoms with E-state index in [0.29, 0.717) is 12.0 Å². The normalized spacial score (nSPS) is 13.8. The number of fused-ring (bicyclic) bond motifs is 1. The molecule has 15 heteroatoms. The maximum Gasteiger partial charge on any atom is 0.326 e. The van der Waals surface area contributed by atoms with Gasteiger partial charge in [-0.1, -0.05) is 18.2 Å². The molecule has 13 N–H and O–H groups in total. The summed E-state index contributed by atoms with van der Waals surface area (Å²) < 4.78 is 0. The van der Waals surface area contributed by atoms with Crippen LogP contribution in [0.15, 0.2) is 35.5 Å². The fourth-order valence-corrected chi connectivity index (χ4v) is 3.89. The third kappa shape index (κ3) is 9.90. The lowest BCUT2D eigenvalue weighted by Crippen LogP contribution is -2.57. The first-order valence-corrected chi connectivity index (χ1v) is 12.7. The first-order chi connectivity index (χ1) is 18.9. The zero-order chi connectivity index (χ0) is 29.8. The number of nitrogens with zero attached hydrogens (tertiary/aromatic N) is 1. The standard InChI is InChI=1S/C25H37N9O6/c1-13(26)21(36)32-17(7-4-10-30-25(28)29)22(37)34-19(11-14-12-31-16-6-3-2-5-15(14)16)23(38)33-18(24(39)40)8-9-20(27)35/h2-3,5-6,12-13,17-19,31H,4,7-11,26H2,1H3,(H2,27,35)(H,32,36)(H,33,38)(H,34,37)(H,39,40)(H4,28,29,30). The summed E-state index contributed by atoms with van der Waals surface area (Å²) in [6.07, 6.45) is 1.62. The van der Waals surface area contributed by atoms with Crippen LogP contribution in [0.1, 0.15) is 38.2 Å². The van der Waals surface area contributed by atoms with Crippen molar-refractivity contribution in [3.8, 4) is 0 Å². The van der Waals surface area contributed by atoms with Gasteiger partial charge in [0.2, 0.25) is 23.6 Å². The molecule has 218 valence electrons. The number of H-pyrrole nitrogens is 1. The number of aromatic amines is 1. The van der Waals surface area contributed by atoms with E-state index in [1.807, 2.05) is 24.3 Å². The Morgan fingerprint density at radius 2 is 1.55 bits per heavy atom. The van der Waals surface area contributed by atoms with Crippen molar-refractivity contribution in [1.82, 2.24) is 20.9 Å². The van der Waals surface area contributed by atoms with Gasteiger partial charge in [-0.25, -0.2) is 4.79 Å². The molecule has 1 aromatic heterocycles. The Morgan fingerprint density at radius 3 is 2.17 bits per heavy atom. The molecule has 0 radical (unpaired) electrons. The zero-order valence-corrected chi connectivity index (χ0v) is 22.2. The lowest BCUT2D eigenvalue weighted by atomic mass is 10.0. The molecule has 0 aliphatic heterocycles. The Bertz CT molecular complexity index is 1240. The Hall–Kier alpha value is -4.66. The quantitative estimate of drug-likeness (QED) is 0.0619. The van der Waals surface area contributed by atoms with Crippen molar-refractivity contribution in [3.05, 3.63) is 36.0 Å². The Balaban J connectivity index is 2.31. The summed E-state index contributed by atoms with van der Waals surface area (Å²) in [5, 5.41) is 17.9. The molecule has 0 aliphatic carbocycles. The summed E-state index contributed by atoms with van der Waals surface area (Å²) in [6.45, 7) is 1.65. The summed E-state index contributed by atoms with van der Waals surface area (Å²) in [4.78, 5) is 68.8. The van der Waals surface area contributed by atoms with Crippen LogP contribution in [0.3, 0.4) is 0 Å². The molecule has 0 bridgehead atoms. The summed E-state index contributed by atoms with van der Waals surface area (Å²) in [5.74, 6) is -4.29. The number of nitrogens with two attached hydrogens (primary N) is 4. The number of para-hydroxylation sites is 1. The number of primary amides is 1. The van der Waals surface area contributed by atoms with Crippen LogP contribution in [0.25, 0.3) is 10.9 Å². The lowest BCUT2D eigenvalue weighted by molar-refractivity contribution is -0.142. The van der Waals surface area contributed by atoms with E-state index in [0.717, 1.165) is 10.9 Å². The molecule has 0 saturated carbocycles. The average molecular weight is 560 g/mol. The third-order valence-electron chi connectivity index (χ3n) is 6.02. The van der Waals surface area contributed by atoms with Crippen LogP contribution < -0.4 is 38.9 Å². The van der Waals surface area contributed by atoms with Crippen molar-refractivity contribution in [2.75, 3.05) is 6.54 Å².